The minimum Gasteiger partial charge on any atom is -0.333 e. The molecule has 2 rings (SSSR count). The Labute approximate surface area is 129 Å². The molecule has 0 amide bonds. The van der Waals surface area contributed by atoms with Crippen molar-refractivity contribution in [2.75, 3.05) is 10.7 Å². The van der Waals surface area contributed by atoms with E-state index in [2.05, 4.69) is 20.7 Å². The fraction of sp³-hybridized carbons (Fsp3) is 0.0909. The molecule has 0 fully saturated rings. The highest BCUT2D eigenvalue weighted by Crippen LogP contribution is 2.34. The number of nitrogen functional groups attached to an aromatic ring is 1. The quantitative estimate of drug-likeness (QED) is 0.448. The van der Waals surface area contributed by atoms with Crippen LogP contribution in [0.25, 0.3) is 0 Å². The number of nitrogens with two attached hydrogens (primary N) is 1. The van der Waals surface area contributed by atoms with E-state index in [1.807, 2.05) is 0 Å². The second-order valence-corrected chi connectivity index (χ2v) is 4.74. The topological polar surface area (TPSA) is 119 Å². The smallest absolute Gasteiger partial charge is 0.332 e. The Morgan fingerprint density at radius 1 is 1.33 bits per heavy atom. The molecular weight excluding hydrogens is 319 g/mol. The molecule has 1 aromatic heterocycles. The van der Waals surface area contributed by atoms with E-state index >= 15 is 0 Å². The summed E-state index contributed by atoms with van der Waals surface area (Å²) in [6.07, 6.45) is 0. The van der Waals surface area contributed by atoms with Crippen molar-refractivity contribution < 1.29 is 4.92 Å². The zero-order valence-corrected chi connectivity index (χ0v) is 12.2. The number of aryl methyl sites for hydroxylation is 1. The van der Waals surface area contributed by atoms with Crippen LogP contribution in [0, 0.1) is 17.0 Å². The average molecular weight is 329 g/mol. The monoisotopic (exact) mass is 328 g/mol. The summed E-state index contributed by atoms with van der Waals surface area (Å²) in [5.41, 5.74) is 2.51. The van der Waals surface area contributed by atoms with Crippen LogP contribution in [0.1, 0.15) is 5.69 Å². The van der Waals surface area contributed by atoms with Gasteiger partial charge in [-0.15, -0.1) is 0 Å². The summed E-state index contributed by atoms with van der Waals surface area (Å²) in [5, 5.41) is 14.5. The van der Waals surface area contributed by atoms with Gasteiger partial charge in [0.15, 0.2) is 0 Å². The molecule has 0 aliphatic carbocycles. The maximum atomic E-state index is 11.2. The molecule has 0 saturated carbocycles. The van der Waals surface area contributed by atoms with E-state index in [-0.39, 0.29) is 28.2 Å². The van der Waals surface area contributed by atoms with E-state index in [4.69, 9.17) is 29.0 Å². The van der Waals surface area contributed by atoms with Gasteiger partial charge in [0.1, 0.15) is 5.69 Å². The first kappa shape index (κ1) is 15.2. The Kier molecular flexibility index (Phi) is 4.41. The molecule has 0 atom stereocenters. The van der Waals surface area contributed by atoms with Crippen molar-refractivity contribution in [2.45, 2.75) is 6.92 Å². The van der Waals surface area contributed by atoms with Crippen LogP contribution < -0.4 is 16.6 Å². The Balaban J connectivity index is 2.54. The molecule has 0 unspecified atom stereocenters. The van der Waals surface area contributed by atoms with Gasteiger partial charge >= 0.3 is 5.69 Å². The van der Waals surface area contributed by atoms with E-state index in [0.717, 1.165) is 0 Å². The summed E-state index contributed by atoms with van der Waals surface area (Å²) in [5.74, 6) is 5.24. The maximum Gasteiger partial charge on any atom is 0.332 e. The number of hydrogen-bond acceptors (Lipinski definition) is 7. The van der Waals surface area contributed by atoms with Gasteiger partial charge in [-0.25, -0.2) is 10.8 Å². The van der Waals surface area contributed by atoms with Crippen LogP contribution >= 0.6 is 23.2 Å². The summed E-state index contributed by atoms with van der Waals surface area (Å²) in [4.78, 5) is 18.4. The Hall–Kier alpha value is -2.16. The number of nitro groups is 1. The standard InChI is InChI=1S/C11H10Cl2N6O2/c1-5-9(19(20)21)10(17-11(15-5)18-14)16-7-4-2-3-6(12)8(7)13/h2-4H,14H2,1H3,(H2,15,16,17,18). The van der Waals surface area contributed by atoms with Gasteiger partial charge in [0.25, 0.3) is 0 Å². The van der Waals surface area contributed by atoms with Crippen LogP contribution in [-0.2, 0) is 0 Å². The highest BCUT2D eigenvalue weighted by Gasteiger charge is 2.22. The number of anilines is 3. The number of hydrazine groups is 1. The van der Waals surface area contributed by atoms with E-state index < -0.39 is 4.92 Å². The average Bonchev–Trinajstić information content (AvgIpc) is 2.42. The van der Waals surface area contributed by atoms with Gasteiger partial charge in [0.2, 0.25) is 11.8 Å². The summed E-state index contributed by atoms with van der Waals surface area (Å²) < 4.78 is 0. The molecule has 0 bridgehead atoms. The van der Waals surface area contributed by atoms with Crippen LogP contribution in [0.3, 0.4) is 0 Å². The minimum absolute atomic E-state index is 0.0374. The summed E-state index contributed by atoms with van der Waals surface area (Å²) >= 11 is 11.9. The predicted octanol–water partition coefficient (Wildman–Crippen LogP) is 3.03. The van der Waals surface area contributed by atoms with E-state index in [1.165, 1.54) is 6.92 Å². The van der Waals surface area contributed by atoms with Crippen LogP contribution in [0.15, 0.2) is 18.2 Å². The largest absolute Gasteiger partial charge is 0.333 e. The van der Waals surface area contributed by atoms with Crippen molar-refractivity contribution in [1.82, 2.24) is 9.97 Å². The Morgan fingerprint density at radius 2 is 2.05 bits per heavy atom. The lowest BCUT2D eigenvalue weighted by Crippen LogP contribution is -2.13. The number of aromatic nitrogens is 2. The third kappa shape index (κ3) is 3.13. The third-order valence-corrected chi connectivity index (χ3v) is 3.39. The molecule has 0 spiro atoms. The van der Waals surface area contributed by atoms with E-state index in [1.54, 1.807) is 18.2 Å². The number of nitrogens with one attached hydrogen (secondary N) is 2. The minimum atomic E-state index is -0.587. The highest BCUT2D eigenvalue weighted by molar-refractivity contribution is 6.43. The molecule has 21 heavy (non-hydrogen) atoms. The third-order valence-electron chi connectivity index (χ3n) is 2.57. The molecule has 0 radical (unpaired) electrons. The fourth-order valence-corrected chi connectivity index (χ4v) is 2.01. The zero-order chi connectivity index (χ0) is 15.6. The molecule has 4 N–H and O–H groups in total. The fourth-order valence-electron chi connectivity index (χ4n) is 1.67. The zero-order valence-electron chi connectivity index (χ0n) is 10.7. The van der Waals surface area contributed by atoms with Crippen molar-refractivity contribution in [3.63, 3.8) is 0 Å². The van der Waals surface area contributed by atoms with Crippen molar-refractivity contribution in [1.29, 1.82) is 0 Å². The van der Waals surface area contributed by atoms with Crippen molar-refractivity contribution in [3.8, 4) is 0 Å². The van der Waals surface area contributed by atoms with Gasteiger partial charge in [-0.05, 0) is 19.1 Å². The summed E-state index contributed by atoms with van der Waals surface area (Å²) in [6, 6.07) is 4.87. The molecule has 0 aliphatic heterocycles. The van der Waals surface area contributed by atoms with Gasteiger partial charge in [0, 0.05) is 0 Å². The van der Waals surface area contributed by atoms with Crippen molar-refractivity contribution >= 4 is 46.3 Å². The predicted molar refractivity (Wildman–Crippen MR) is 81.0 cm³/mol. The first-order chi connectivity index (χ1) is 9.93. The maximum absolute atomic E-state index is 11.2. The second-order valence-electron chi connectivity index (χ2n) is 3.96. The molecule has 10 heteroatoms. The van der Waals surface area contributed by atoms with Crippen molar-refractivity contribution in [3.05, 3.63) is 44.1 Å². The Bertz CT molecular complexity index is 709. The van der Waals surface area contributed by atoms with Crippen molar-refractivity contribution in [2.24, 2.45) is 5.84 Å². The normalized spacial score (nSPS) is 10.3. The van der Waals surface area contributed by atoms with Crippen LogP contribution in [0.4, 0.5) is 23.1 Å². The van der Waals surface area contributed by atoms with Gasteiger partial charge in [-0.3, -0.25) is 15.5 Å². The molecule has 110 valence electrons. The highest BCUT2D eigenvalue weighted by atomic mass is 35.5. The van der Waals surface area contributed by atoms with Gasteiger partial charge in [-0.2, -0.15) is 4.98 Å². The number of rotatable bonds is 4. The lowest BCUT2D eigenvalue weighted by molar-refractivity contribution is -0.385. The lowest BCUT2D eigenvalue weighted by atomic mass is 10.3. The van der Waals surface area contributed by atoms with Gasteiger partial charge in [-0.1, -0.05) is 29.3 Å². The molecule has 1 aromatic carbocycles. The Morgan fingerprint density at radius 3 is 2.67 bits per heavy atom. The number of benzene rings is 1. The SMILES string of the molecule is Cc1nc(NN)nc(Nc2cccc(Cl)c2Cl)c1[N+](=O)[O-]. The molecule has 8 nitrogen and oxygen atoms in total. The van der Waals surface area contributed by atoms with E-state index in [0.29, 0.717) is 10.7 Å². The molecule has 1 heterocycles. The van der Waals surface area contributed by atoms with Gasteiger partial charge in [0.05, 0.1) is 20.7 Å². The number of hydrogen-bond donors (Lipinski definition) is 3. The molecule has 2 aromatic rings. The van der Waals surface area contributed by atoms with Crippen LogP contribution in [0.5, 0.6) is 0 Å². The second kappa shape index (κ2) is 6.08. The van der Waals surface area contributed by atoms with Gasteiger partial charge < -0.3 is 5.32 Å². The van der Waals surface area contributed by atoms with Crippen LogP contribution in [0.2, 0.25) is 10.0 Å². The van der Waals surface area contributed by atoms with Crippen LogP contribution in [-0.4, -0.2) is 14.9 Å². The summed E-state index contributed by atoms with van der Waals surface area (Å²) in [6.45, 7) is 1.48. The van der Waals surface area contributed by atoms with E-state index in [9.17, 15) is 10.1 Å². The molecule has 0 aliphatic rings. The molecular formula is C11H10Cl2N6O2. The molecule has 0 saturated heterocycles. The first-order valence-electron chi connectivity index (χ1n) is 5.64. The lowest BCUT2D eigenvalue weighted by Gasteiger charge is -2.11. The summed E-state index contributed by atoms with van der Waals surface area (Å²) in [7, 11) is 0. The number of halogens is 2. The number of nitrogens with zero attached hydrogens (tertiary/aromatic N) is 3. The first-order valence-corrected chi connectivity index (χ1v) is 6.40.